The van der Waals surface area contributed by atoms with Crippen LogP contribution in [0.25, 0.3) is 0 Å². The fourth-order valence-corrected chi connectivity index (χ4v) is 5.05. The van der Waals surface area contributed by atoms with Crippen LogP contribution in [-0.2, 0) is 9.84 Å². The Morgan fingerprint density at radius 2 is 1.80 bits per heavy atom. The molecule has 1 rings (SSSR count). The molecule has 0 spiro atoms. The Bertz CT molecular complexity index is 357. The lowest BCUT2D eigenvalue weighted by atomic mass is 9.68. The van der Waals surface area contributed by atoms with Crippen molar-refractivity contribution in [3.63, 3.8) is 0 Å². The maximum atomic E-state index is 11.6. The fourth-order valence-electron chi connectivity index (χ4n) is 3.33. The largest absolute Gasteiger partial charge is 0.229 e. The molecule has 0 aromatic rings. The van der Waals surface area contributed by atoms with Crippen molar-refractivity contribution in [2.75, 3.05) is 16.8 Å². The Morgan fingerprint density at radius 3 is 2.30 bits per heavy atom. The first-order valence-corrected chi connectivity index (χ1v) is 11.2. The SMILES string of the molecule is CCCCC1CCC(CBr)(CCCS(=O)(=O)CC)CC1. The van der Waals surface area contributed by atoms with Crippen LogP contribution in [0.4, 0.5) is 0 Å². The third-order valence-electron chi connectivity index (χ3n) is 5.02. The highest BCUT2D eigenvalue weighted by Gasteiger charge is 2.33. The molecule has 0 aliphatic heterocycles. The summed E-state index contributed by atoms with van der Waals surface area (Å²) in [6.45, 7) is 4.01. The van der Waals surface area contributed by atoms with Crippen LogP contribution in [0.3, 0.4) is 0 Å². The molecule has 4 heteroatoms. The summed E-state index contributed by atoms with van der Waals surface area (Å²) in [4.78, 5) is 0. The van der Waals surface area contributed by atoms with Crippen molar-refractivity contribution in [3.8, 4) is 0 Å². The molecule has 120 valence electrons. The smallest absolute Gasteiger partial charge is 0.150 e. The molecule has 0 amide bonds. The Balaban J connectivity index is 2.38. The number of hydrogen-bond donors (Lipinski definition) is 0. The minimum atomic E-state index is -2.79. The number of hydrogen-bond acceptors (Lipinski definition) is 2. The normalized spacial score (nSPS) is 27.6. The number of rotatable bonds is 9. The van der Waals surface area contributed by atoms with Crippen LogP contribution in [-0.4, -0.2) is 25.3 Å². The molecule has 2 nitrogen and oxygen atoms in total. The van der Waals surface area contributed by atoms with Crippen LogP contribution in [0.1, 0.15) is 71.6 Å². The summed E-state index contributed by atoms with van der Waals surface area (Å²) in [5.41, 5.74) is 0.367. The van der Waals surface area contributed by atoms with Crippen LogP contribution in [0.15, 0.2) is 0 Å². The molecule has 0 aromatic heterocycles. The van der Waals surface area contributed by atoms with Crippen molar-refractivity contribution in [2.24, 2.45) is 11.3 Å². The van der Waals surface area contributed by atoms with E-state index in [1.807, 2.05) is 0 Å². The molecule has 0 saturated heterocycles. The van der Waals surface area contributed by atoms with Gasteiger partial charge >= 0.3 is 0 Å². The van der Waals surface area contributed by atoms with E-state index >= 15 is 0 Å². The summed E-state index contributed by atoms with van der Waals surface area (Å²) >= 11 is 3.69. The molecule has 1 saturated carbocycles. The monoisotopic (exact) mass is 366 g/mol. The van der Waals surface area contributed by atoms with Crippen molar-refractivity contribution >= 4 is 25.8 Å². The molecule has 0 unspecified atom stereocenters. The molecule has 0 heterocycles. The van der Waals surface area contributed by atoms with Gasteiger partial charge in [0.25, 0.3) is 0 Å². The molecule has 20 heavy (non-hydrogen) atoms. The van der Waals surface area contributed by atoms with E-state index in [-0.39, 0.29) is 5.75 Å². The predicted molar refractivity (Wildman–Crippen MR) is 91.3 cm³/mol. The summed E-state index contributed by atoms with van der Waals surface area (Å²) in [5, 5.41) is 1.03. The standard InChI is InChI=1S/C16H31BrO2S/c1-3-5-7-15-8-11-16(14-17,12-9-15)10-6-13-20(18,19)4-2/h15H,3-14H2,1-2H3. The molecule has 1 fully saturated rings. The quantitative estimate of drug-likeness (QED) is 0.540. The van der Waals surface area contributed by atoms with Crippen LogP contribution in [0.2, 0.25) is 0 Å². The van der Waals surface area contributed by atoms with E-state index in [9.17, 15) is 8.42 Å². The van der Waals surface area contributed by atoms with E-state index in [0.29, 0.717) is 11.2 Å². The molecule has 0 radical (unpaired) electrons. The van der Waals surface area contributed by atoms with Gasteiger partial charge in [-0.2, -0.15) is 0 Å². The van der Waals surface area contributed by atoms with Gasteiger partial charge in [-0.15, -0.1) is 0 Å². The van der Waals surface area contributed by atoms with Gasteiger partial charge in [-0.1, -0.05) is 49.0 Å². The Hall–Kier alpha value is 0.430. The predicted octanol–water partition coefficient (Wildman–Crippen LogP) is 4.96. The summed E-state index contributed by atoms with van der Waals surface area (Å²) < 4.78 is 23.2. The Morgan fingerprint density at radius 1 is 1.15 bits per heavy atom. The van der Waals surface area contributed by atoms with Crippen LogP contribution < -0.4 is 0 Å². The minimum absolute atomic E-state index is 0.285. The average molecular weight is 367 g/mol. The van der Waals surface area contributed by atoms with E-state index in [2.05, 4.69) is 22.9 Å². The van der Waals surface area contributed by atoms with Gasteiger partial charge in [0.1, 0.15) is 9.84 Å². The third kappa shape index (κ3) is 6.05. The Kier molecular flexibility index (Phi) is 8.10. The minimum Gasteiger partial charge on any atom is -0.229 e. The molecular formula is C16H31BrO2S. The highest BCUT2D eigenvalue weighted by molar-refractivity contribution is 9.09. The molecule has 0 aromatic carbocycles. The second-order valence-electron chi connectivity index (χ2n) is 6.56. The zero-order chi connectivity index (χ0) is 15.1. The lowest BCUT2D eigenvalue weighted by molar-refractivity contribution is 0.157. The third-order valence-corrected chi connectivity index (χ3v) is 8.00. The van der Waals surface area contributed by atoms with Gasteiger partial charge in [0.2, 0.25) is 0 Å². The number of sulfone groups is 1. The molecular weight excluding hydrogens is 336 g/mol. The maximum absolute atomic E-state index is 11.6. The summed E-state index contributed by atoms with van der Waals surface area (Å²) in [5.74, 6) is 1.58. The van der Waals surface area contributed by atoms with Gasteiger partial charge in [-0.3, -0.25) is 0 Å². The van der Waals surface area contributed by atoms with Gasteiger partial charge in [0.15, 0.2) is 0 Å². The van der Waals surface area contributed by atoms with Crippen molar-refractivity contribution in [1.82, 2.24) is 0 Å². The Labute approximate surface area is 134 Å². The van der Waals surface area contributed by atoms with Gasteiger partial charge in [0.05, 0.1) is 5.75 Å². The molecule has 1 aliphatic carbocycles. The van der Waals surface area contributed by atoms with E-state index in [1.54, 1.807) is 6.92 Å². The zero-order valence-electron chi connectivity index (χ0n) is 13.2. The number of halogens is 1. The van der Waals surface area contributed by atoms with Gasteiger partial charge in [0, 0.05) is 11.1 Å². The first kappa shape index (κ1) is 18.5. The lowest BCUT2D eigenvalue weighted by Gasteiger charge is -2.39. The fraction of sp³-hybridized carbons (Fsp3) is 1.00. The van der Waals surface area contributed by atoms with E-state index in [1.165, 1.54) is 44.9 Å². The summed E-state index contributed by atoms with van der Waals surface area (Å²) in [6, 6.07) is 0. The number of unbranched alkanes of at least 4 members (excludes halogenated alkanes) is 1. The maximum Gasteiger partial charge on any atom is 0.150 e. The summed E-state index contributed by atoms with van der Waals surface area (Å²) in [6.07, 6.45) is 11.2. The highest BCUT2D eigenvalue weighted by Crippen LogP contribution is 2.44. The van der Waals surface area contributed by atoms with Gasteiger partial charge in [-0.05, 0) is 49.9 Å². The first-order valence-electron chi connectivity index (χ1n) is 8.23. The zero-order valence-corrected chi connectivity index (χ0v) is 15.6. The van der Waals surface area contributed by atoms with Crippen LogP contribution in [0.5, 0.6) is 0 Å². The summed E-state index contributed by atoms with van der Waals surface area (Å²) in [7, 11) is -2.79. The van der Waals surface area contributed by atoms with Crippen LogP contribution in [0, 0.1) is 11.3 Å². The van der Waals surface area contributed by atoms with E-state index in [4.69, 9.17) is 0 Å². The van der Waals surface area contributed by atoms with Crippen molar-refractivity contribution < 1.29 is 8.42 Å². The van der Waals surface area contributed by atoms with Crippen molar-refractivity contribution in [2.45, 2.75) is 71.6 Å². The first-order chi connectivity index (χ1) is 9.47. The molecule has 0 N–H and O–H groups in total. The average Bonchev–Trinajstić information content (AvgIpc) is 2.46. The van der Waals surface area contributed by atoms with E-state index in [0.717, 1.165) is 24.1 Å². The van der Waals surface area contributed by atoms with Crippen molar-refractivity contribution in [3.05, 3.63) is 0 Å². The molecule has 1 aliphatic rings. The van der Waals surface area contributed by atoms with Crippen LogP contribution >= 0.6 is 15.9 Å². The second-order valence-corrected chi connectivity index (χ2v) is 9.59. The molecule has 0 bridgehead atoms. The van der Waals surface area contributed by atoms with E-state index < -0.39 is 9.84 Å². The highest BCUT2D eigenvalue weighted by atomic mass is 79.9. The van der Waals surface area contributed by atoms with Gasteiger partial charge < -0.3 is 0 Å². The lowest BCUT2D eigenvalue weighted by Crippen LogP contribution is -2.30. The topological polar surface area (TPSA) is 34.1 Å². The second kappa shape index (κ2) is 8.77. The molecule has 0 atom stereocenters. The number of alkyl halides is 1. The van der Waals surface area contributed by atoms with Gasteiger partial charge in [-0.25, -0.2) is 8.42 Å². The van der Waals surface area contributed by atoms with Crippen molar-refractivity contribution in [1.29, 1.82) is 0 Å².